The van der Waals surface area contributed by atoms with Gasteiger partial charge in [0.2, 0.25) is 0 Å². The molecule has 1 heterocycles. The minimum Gasteiger partial charge on any atom is -0.373 e. The van der Waals surface area contributed by atoms with Gasteiger partial charge in [-0.25, -0.2) is 4.98 Å². The van der Waals surface area contributed by atoms with Crippen LogP contribution in [0.15, 0.2) is 18.2 Å². The minimum atomic E-state index is -0.104. The smallest absolute Gasteiger partial charge is 0.104 e. The molecule has 18 heavy (non-hydrogen) atoms. The molecule has 1 fully saturated rings. The molecule has 1 N–H and O–H groups in total. The molecular formula is C14H16N4. The number of benzene rings is 1. The van der Waals surface area contributed by atoms with Gasteiger partial charge in [-0.2, -0.15) is 5.26 Å². The zero-order valence-electron chi connectivity index (χ0n) is 10.7. The number of nitrogens with one attached hydrogen (secondary N) is 1. The number of anilines is 1. The van der Waals surface area contributed by atoms with E-state index in [1.165, 1.54) is 0 Å². The number of rotatable bonds is 3. The number of aromatic amines is 1. The Hall–Kier alpha value is -2.02. The van der Waals surface area contributed by atoms with Crippen molar-refractivity contribution in [3.05, 3.63) is 24.0 Å². The SMILES string of the molecule is Cc1nc2ccc(N(C)CC3(C#N)CC3)cc2[nH]1. The molecule has 0 atom stereocenters. The average molecular weight is 240 g/mol. The lowest BCUT2D eigenvalue weighted by Gasteiger charge is -2.21. The largest absolute Gasteiger partial charge is 0.373 e. The van der Waals surface area contributed by atoms with E-state index in [-0.39, 0.29) is 5.41 Å². The highest BCUT2D eigenvalue weighted by Gasteiger charge is 2.44. The number of aryl methyl sites for hydroxylation is 1. The molecular weight excluding hydrogens is 224 g/mol. The summed E-state index contributed by atoms with van der Waals surface area (Å²) < 4.78 is 0. The second-order valence-corrected chi connectivity index (χ2v) is 5.27. The Bertz CT molecular complexity index is 631. The molecule has 1 aliphatic carbocycles. The van der Waals surface area contributed by atoms with Crippen molar-refractivity contribution in [1.29, 1.82) is 5.26 Å². The lowest BCUT2D eigenvalue weighted by Crippen LogP contribution is -2.25. The monoisotopic (exact) mass is 240 g/mol. The maximum Gasteiger partial charge on any atom is 0.104 e. The van der Waals surface area contributed by atoms with Crippen LogP contribution in [0.2, 0.25) is 0 Å². The molecule has 0 amide bonds. The standard InChI is InChI=1S/C14H16N4/c1-10-16-12-4-3-11(7-13(12)17-10)18(2)9-14(8-15)5-6-14/h3-4,7H,5-6,9H2,1-2H3,(H,16,17). The lowest BCUT2D eigenvalue weighted by molar-refractivity contribution is 0.653. The summed E-state index contributed by atoms with van der Waals surface area (Å²) in [5.41, 5.74) is 3.07. The predicted octanol–water partition coefficient (Wildman–Crippen LogP) is 2.61. The summed E-state index contributed by atoms with van der Waals surface area (Å²) in [5.74, 6) is 0.931. The first-order valence-corrected chi connectivity index (χ1v) is 6.21. The van der Waals surface area contributed by atoms with Crippen LogP contribution in [0.5, 0.6) is 0 Å². The fourth-order valence-electron chi connectivity index (χ4n) is 2.36. The van der Waals surface area contributed by atoms with Crippen LogP contribution in [0.25, 0.3) is 11.0 Å². The van der Waals surface area contributed by atoms with Crippen molar-refractivity contribution in [2.75, 3.05) is 18.5 Å². The Morgan fingerprint density at radius 2 is 2.28 bits per heavy atom. The van der Waals surface area contributed by atoms with Gasteiger partial charge in [0.15, 0.2) is 0 Å². The Morgan fingerprint density at radius 1 is 1.50 bits per heavy atom. The van der Waals surface area contributed by atoms with Gasteiger partial charge in [0.25, 0.3) is 0 Å². The van der Waals surface area contributed by atoms with Gasteiger partial charge in [-0.3, -0.25) is 0 Å². The number of nitrogens with zero attached hydrogens (tertiary/aromatic N) is 3. The van der Waals surface area contributed by atoms with Crippen LogP contribution in [0.3, 0.4) is 0 Å². The van der Waals surface area contributed by atoms with E-state index in [9.17, 15) is 0 Å². The van der Waals surface area contributed by atoms with E-state index in [1.54, 1.807) is 0 Å². The molecule has 0 saturated heterocycles. The summed E-state index contributed by atoms with van der Waals surface area (Å²) in [6, 6.07) is 8.62. The van der Waals surface area contributed by atoms with Crippen molar-refractivity contribution < 1.29 is 0 Å². The van der Waals surface area contributed by atoms with Crippen LogP contribution < -0.4 is 4.90 Å². The second kappa shape index (κ2) is 3.74. The zero-order chi connectivity index (χ0) is 12.8. The van der Waals surface area contributed by atoms with Crippen LogP contribution in [0.4, 0.5) is 5.69 Å². The molecule has 0 spiro atoms. The highest BCUT2D eigenvalue weighted by molar-refractivity contribution is 5.79. The highest BCUT2D eigenvalue weighted by Crippen LogP contribution is 2.45. The Balaban J connectivity index is 1.87. The summed E-state index contributed by atoms with van der Waals surface area (Å²) in [4.78, 5) is 9.79. The molecule has 3 rings (SSSR count). The summed E-state index contributed by atoms with van der Waals surface area (Å²) in [6.07, 6.45) is 2.05. The van der Waals surface area contributed by atoms with E-state index in [4.69, 9.17) is 5.26 Å². The molecule has 92 valence electrons. The number of imidazole rings is 1. The van der Waals surface area contributed by atoms with E-state index < -0.39 is 0 Å². The van der Waals surface area contributed by atoms with Crippen LogP contribution in [0.1, 0.15) is 18.7 Å². The molecule has 2 aromatic rings. The summed E-state index contributed by atoms with van der Waals surface area (Å²) in [5, 5.41) is 9.13. The van der Waals surface area contributed by atoms with Gasteiger partial charge >= 0.3 is 0 Å². The number of fused-ring (bicyclic) bond motifs is 1. The first-order valence-electron chi connectivity index (χ1n) is 6.21. The maximum absolute atomic E-state index is 9.13. The van der Waals surface area contributed by atoms with Crippen molar-refractivity contribution in [2.45, 2.75) is 19.8 Å². The van der Waals surface area contributed by atoms with Gasteiger partial charge < -0.3 is 9.88 Å². The number of nitriles is 1. The van der Waals surface area contributed by atoms with Crippen LogP contribution >= 0.6 is 0 Å². The highest BCUT2D eigenvalue weighted by atomic mass is 15.1. The van der Waals surface area contributed by atoms with E-state index >= 15 is 0 Å². The molecule has 0 aliphatic heterocycles. The van der Waals surface area contributed by atoms with Gasteiger partial charge in [-0.15, -0.1) is 0 Å². The predicted molar refractivity (Wildman–Crippen MR) is 71.4 cm³/mol. The van der Waals surface area contributed by atoms with Crippen molar-refractivity contribution >= 4 is 16.7 Å². The third kappa shape index (κ3) is 1.82. The molecule has 1 aromatic carbocycles. The summed E-state index contributed by atoms with van der Waals surface area (Å²) >= 11 is 0. The minimum absolute atomic E-state index is 0.104. The van der Waals surface area contributed by atoms with Gasteiger partial charge in [0, 0.05) is 19.3 Å². The molecule has 0 radical (unpaired) electrons. The van der Waals surface area contributed by atoms with E-state index in [1.807, 2.05) is 20.0 Å². The fourth-order valence-corrected chi connectivity index (χ4v) is 2.36. The third-order valence-electron chi connectivity index (χ3n) is 3.66. The number of aromatic nitrogens is 2. The molecule has 0 bridgehead atoms. The van der Waals surface area contributed by atoms with E-state index in [0.717, 1.165) is 41.9 Å². The van der Waals surface area contributed by atoms with Crippen LogP contribution in [0, 0.1) is 23.7 Å². The Kier molecular flexibility index (Phi) is 2.30. The van der Waals surface area contributed by atoms with Crippen LogP contribution in [-0.4, -0.2) is 23.6 Å². The molecule has 4 heteroatoms. The Morgan fingerprint density at radius 3 is 2.94 bits per heavy atom. The third-order valence-corrected chi connectivity index (χ3v) is 3.66. The number of hydrogen-bond acceptors (Lipinski definition) is 3. The summed E-state index contributed by atoms with van der Waals surface area (Å²) in [6.45, 7) is 2.76. The van der Waals surface area contributed by atoms with Gasteiger partial charge in [-0.1, -0.05) is 0 Å². The normalized spacial score (nSPS) is 16.5. The van der Waals surface area contributed by atoms with Crippen molar-refractivity contribution in [2.24, 2.45) is 5.41 Å². The number of hydrogen-bond donors (Lipinski definition) is 1. The van der Waals surface area contributed by atoms with E-state index in [0.29, 0.717) is 0 Å². The van der Waals surface area contributed by atoms with Crippen molar-refractivity contribution in [1.82, 2.24) is 9.97 Å². The summed E-state index contributed by atoms with van der Waals surface area (Å²) in [7, 11) is 2.04. The van der Waals surface area contributed by atoms with Crippen molar-refractivity contribution in [3.8, 4) is 6.07 Å². The first-order chi connectivity index (χ1) is 8.62. The molecule has 4 nitrogen and oxygen atoms in total. The van der Waals surface area contributed by atoms with Crippen LogP contribution in [-0.2, 0) is 0 Å². The molecule has 1 aromatic heterocycles. The van der Waals surface area contributed by atoms with Gasteiger partial charge in [0.1, 0.15) is 5.82 Å². The van der Waals surface area contributed by atoms with Crippen molar-refractivity contribution in [3.63, 3.8) is 0 Å². The fraction of sp³-hybridized carbons (Fsp3) is 0.429. The molecule has 0 unspecified atom stereocenters. The zero-order valence-corrected chi connectivity index (χ0v) is 10.7. The Labute approximate surface area is 106 Å². The lowest BCUT2D eigenvalue weighted by atomic mass is 10.1. The first kappa shape index (κ1) is 11.1. The number of H-pyrrole nitrogens is 1. The molecule has 1 aliphatic rings. The molecule has 1 saturated carbocycles. The van der Waals surface area contributed by atoms with E-state index in [2.05, 4.69) is 33.1 Å². The maximum atomic E-state index is 9.13. The van der Waals surface area contributed by atoms with Gasteiger partial charge in [0.05, 0.1) is 22.5 Å². The quantitative estimate of drug-likeness (QED) is 0.897. The topological polar surface area (TPSA) is 55.7 Å². The second-order valence-electron chi connectivity index (χ2n) is 5.27. The average Bonchev–Trinajstić information content (AvgIpc) is 3.01. The van der Waals surface area contributed by atoms with Gasteiger partial charge in [-0.05, 0) is 38.0 Å².